The van der Waals surface area contributed by atoms with E-state index in [2.05, 4.69) is 28.9 Å². The number of thiophene rings is 1. The fraction of sp³-hybridized carbons (Fsp3) is 0.318. The highest BCUT2D eigenvalue weighted by Gasteiger charge is 2.29. The Hall–Kier alpha value is -2.93. The molecule has 1 fully saturated rings. The van der Waals surface area contributed by atoms with Crippen LogP contribution in [0.3, 0.4) is 0 Å². The van der Waals surface area contributed by atoms with Gasteiger partial charge in [-0.2, -0.15) is 5.10 Å². The zero-order chi connectivity index (χ0) is 20.5. The van der Waals surface area contributed by atoms with Crippen LogP contribution in [0.15, 0.2) is 53.5 Å². The van der Waals surface area contributed by atoms with E-state index < -0.39 is 0 Å². The fourth-order valence-corrected chi connectivity index (χ4v) is 4.24. The summed E-state index contributed by atoms with van der Waals surface area (Å²) in [4.78, 5) is 19.9. The van der Waals surface area contributed by atoms with Crippen LogP contribution < -0.4 is 5.32 Å². The van der Waals surface area contributed by atoms with Gasteiger partial charge in [-0.05, 0) is 42.7 Å². The topological polar surface area (TPSA) is 62.5 Å². The molecule has 1 aliphatic carbocycles. The van der Waals surface area contributed by atoms with Crippen LogP contribution in [0.1, 0.15) is 40.6 Å². The summed E-state index contributed by atoms with van der Waals surface area (Å²) in [6.07, 6.45) is 11.9. The maximum Gasteiger partial charge on any atom is 0.261 e. The molecule has 0 aromatic carbocycles. The van der Waals surface area contributed by atoms with E-state index in [0.717, 1.165) is 28.1 Å². The molecule has 150 valence electrons. The SMILES string of the molecule is C=C/C(=C1/N=CC(c2cnn(C)c2)=CN1C)c1csc(C(=O)NC(C)C2CC2)c1. The monoisotopic (exact) mass is 407 g/mol. The third kappa shape index (κ3) is 4.10. The quantitative estimate of drug-likeness (QED) is 0.789. The van der Waals surface area contributed by atoms with Gasteiger partial charge in [-0.15, -0.1) is 11.3 Å². The van der Waals surface area contributed by atoms with Gasteiger partial charge in [-0.1, -0.05) is 12.7 Å². The lowest BCUT2D eigenvalue weighted by Gasteiger charge is -2.22. The van der Waals surface area contributed by atoms with Crippen LogP contribution in [0.5, 0.6) is 0 Å². The van der Waals surface area contributed by atoms with Crippen molar-refractivity contribution >= 4 is 34.6 Å². The number of aryl methyl sites for hydroxylation is 1. The molecule has 29 heavy (non-hydrogen) atoms. The van der Waals surface area contributed by atoms with E-state index in [4.69, 9.17) is 0 Å². The van der Waals surface area contributed by atoms with Crippen LogP contribution in [-0.2, 0) is 7.05 Å². The van der Waals surface area contributed by atoms with Crippen molar-refractivity contribution in [2.45, 2.75) is 25.8 Å². The van der Waals surface area contributed by atoms with Crippen molar-refractivity contribution in [3.63, 3.8) is 0 Å². The molecule has 1 N–H and O–H groups in total. The first-order chi connectivity index (χ1) is 14.0. The Morgan fingerprint density at radius 1 is 1.41 bits per heavy atom. The summed E-state index contributed by atoms with van der Waals surface area (Å²) in [5.74, 6) is 1.42. The highest BCUT2D eigenvalue weighted by atomic mass is 32.1. The largest absolute Gasteiger partial charge is 0.349 e. The molecular formula is C22H25N5OS. The Kier molecular flexibility index (Phi) is 5.24. The minimum absolute atomic E-state index is 0.00618. The first kappa shape index (κ1) is 19.4. The molecule has 2 aliphatic rings. The van der Waals surface area contributed by atoms with Crippen molar-refractivity contribution in [1.29, 1.82) is 0 Å². The number of allylic oxidation sites excluding steroid dienone is 3. The van der Waals surface area contributed by atoms with Gasteiger partial charge in [0.05, 0.1) is 11.1 Å². The van der Waals surface area contributed by atoms with E-state index >= 15 is 0 Å². The van der Waals surface area contributed by atoms with Crippen LogP contribution in [0, 0.1) is 5.92 Å². The molecule has 1 saturated carbocycles. The summed E-state index contributed by atoms with van der Waals surface area (Å²) in [7, 11) is 3.85. The zero-order valence-corrected chi connectivity index (χ0v) is 17.7. The number of hydrogen-bond donors (Lipinski definition) is 1. The van der Waals surface area contributed by atoms with Gasteiger partial charge in [0, 0.05) is 55.5 Å². The predicted molar refractivity (Wildman–Crippen MR) is 119 cm³/mol. The summed E-state index contributed by atoms with van der Waals surface area (Å²) in [6, 6.07) is 2.16. The number of rotatable bonds is 6. The van der Waals surface area contributed by atoms with E-state index in [1.807, 2.05) is 55.2 Å². The van der Waals surface area contributed by atoms with E-state index in [9.17, 15) is 4.79 Å². The third-order valence-corrected chi connectivity index (χ3v) is 6.23. The molecule has 2 aromatic rings. The maximum atomic E-state index is 12.6. The summed E-state index contributed by atoms with van der Waals surface area (Å²) < 4.78 is 1.77. The molecule has 1 amide bonds. The van der Waals surface area contributed by atoms with Crippen LogP contribution in [0.2, 0.25) is 0 Å². The second-order valence-electron chi connectivity index (χ2n) is 7.60. The van der Waals surface area contributed by atoms with Crippen LogP contribution in [0.25, 0.3) is 11.1 Å². The molecule has 3 heterocycles. The van der Waals surface area contributed by atoms with Gasteiger partial charge in [0.15, 0.2) is 0 Å². The van der Waals surface area contributed by atoms with Crippen molar-refractivity contribution in [3.8, 4) is 0 Å². The van der Waals surface area contributed by atoms with Crippen LogP contribution in [0.4, 0.5) is 0 Å². The van der Waals surface area contributed by atoms with E-state index in [-0.39, 0.29) is 11.9 Å². The lowest BCUT2D eigenvalue weighted by Crippen LogP contribution is -2.33. The van der Waals surface area contributed by atoms with Gasteiger partial charge in [0.25, 0.3) is 5.91 Å². The third-order valence-electron chi connectivity index (χ3n) is 5.30. The first-order valence-electron chi connectivity index (χ1n) is 9.70. The smallest absolute Gasteiger partial charge is 0.261 e. The minimum atomic E-state index is -0.00618. The average Bonchev–Trinajstić information content (AvgIpc) is 3.29. The number of nitrogens with one attached hydrogen (secondary N) is 1. The minimum Gasteiger partial charge on any atom is -0.349 e. The predicted octanol–water partition coefficient (Wildman–Crippen LogP) is 3.92. The standard InChI is InChI=1S/C22H25N5OS/c1-5-19(16-8-20(29-13-16)22(28)25-14(2)15-6-7-15)21-23-9-17(11-26(21)3)18-10-24-27(4)12-18/h5,8-15H,1,6-7H2,2-4H3,(H,25,28)/b21-19+. The molecule has 1 atom stereocenters. The van der Waals surface area contributed by atoms with Gasteiger partial charge in [0.1, 0.15) is 5.82 Å². The molecule has 1 unspecified atom stereocenters. The van der Waals surface area contributed by atoms with Gasteiger partial charge >= 0.3 is 0 Å². The lowest BCUT2D eigenvalue weighted by atomic mass is 10.1. The number of carbonyl (C=O) groups excluding carboxylic acids is 1. The van der Waals surface area contributed by atoms with Crippen LogP contribution in [-0.4, -0.2) is 39.9 Å². The Bertz CT molecular complexity index is 1040. The van der Waals surface area contributed by atoms with E-state index in [1.54, 1.807) is 10.8 Å². The van der Waals surface area contributed by atoms with Gasteiger partial charge < -0.3 is 10.2 Å². The molecule has 4 rings (SSSR count). The molecule has 0 saturated heterocycles. The van der Waals surface area contributed by atoms with Crippen molar-refractivity contribution in [2.75, 3.05) is 7.05 Å². The molecule has 1 aliphatic heterocycles. The molecular weight excluding hydrogens is 382 g/mol. The normalized spacial score (nSPS) is 19.0. The Morgan fingerprint density at radius 3 is 2.83 bits per heavy atom. The summed E-state index contributed by atoms with van der Waals surface area (Å²) >= 11 is 1.45. The van der Waals surface area contributed by atoms with Crippen molar-refractivity contribution in [2.24, 2.45) is 18.0 Å². The maximum absolute atomic E-state index is 12.6. The van der Waals surface area contributed by atoms with Gasteiger partial charge in [0.2, 0.25) is 0 Å². The van der Waals surface area contributed by atoms with Gasteiger partial charge in [-0.3, -0.25) is 9.48 Å². The Balaban J connectivity index is 1.56. The van der Waals surface area contributed by atoms with Crippen molar-refractivity contribution < 1.29 is 4.79 Å². The Labute approximate surface area is 174 Å². The second kappa shape index (κ2) is 7.83. The first-order valence-corrected chi connectivity index (χ1v) is 10.6. The number of amides is 1. The molecule has 0 radical (unpaired) electrons. The molecule has 7 heteroatoms. The summed E-state index contributed by atoms with van der Waals surface area (Å²) in [6.45, 7) is 6.06. The van der Waals surface area contributed by atoms with Crippen LogP contribution >= 0.6 is 11.3 Å². The number of aliphatic imine (C=N–C) groups is 1. The van der Waals surface area contributed by atoms with E-state index in [1.165, 1.54) is 24.2 Å². The number of carbonyl (C=O) groups is 1. The fourth-order valence-electron chi connectivity index (χ4n) is 3.43. The molecule has 2 aromatic heterocycles. The zero-order valence-electron chi connectivity index (χ0n) is 16.9. The molecule has 0 bridgehead atoms. The highest BCUT2D eigenvalue weighted by molar-refractivity contribution is 7.12. The number of nitrogens with zero attached hydrogens (tertiary/aromatic N) is 4. The number of aromatic nitrogens is 2. The molecule has 0 spiro atoms. The molecule has 6 nitrogen and oxygen atoms in total. The highest BCUT2D eigenvalue weighted by Crippen LogP contribution is 2.33. The lowest BCUT2D eigenvalue weighted by molar-refractivity contribution is 0.0940. The summed E-state index contributed by atoms with van der Waals surface area (Å²) in [5, 5.41) is 9.33. The van der Waals surface area contributed by atoms with Gasteiger partial charge in [-0.25, -0.2) is 4.99 Å². The summed E-state index contributed by atoms with van der Waals surface area (Å²) in [5.41, 5.74) is 3.86. The average molecular weight is 408 g/mol. The van der Waals surface area contributed by atoms with E-state index in [0.29, 0.717) is 10.8 Å². The number of hydrogen-bond acceptors (Lipinski definition) is 5. The van der Waals surface area contributed by atoms with Crippen molar-refractivity contribution in [1.82, 2.24) is 20.0 Å². The second-order valence-corrected chi connectivity index (χ2v) is 8.51. The Morgan fingerprint density at radius 2 is 2.21 bits per heavy atom. The van der Waals surface area contributed by atoms with Crippen molar-refractivity contribution in [3.05, 3.63) is 64.5 Å².